The molecule has 6 heterocycles. The molecule has 1 aliphatic carbocycles. The second-order valence-electron chi connectivity index (χ2n) is 23.2. The van der Waals surface area contributed by atoms with Crippen LogP contribution in [0.1, 0.15) is 25.0 Å². The zero-order valence-electron chi connectivity index (χ0n) is 46.6. The molecule has 0 bridgehead atoms. The average molecular weight is 1090 g/mol. The number of rotatable bonds is 7. The van der Waals surface area contributed by atoms with Crippen LogP contribution in [0, 0.1) is 0 Å². The van der Waals surface area contributed by atoms with Crippen LogP contribution < -0.4 is 0 Å². The minimum absolute atomic E-state index is 0.254. The third-order valence-corrected chi connectivity index (χ3v) is 18.2. The largest absolute Gasteiger partial charge is 0.309 e. The molecule has 7 heteroatoms. The van der Waals surface area contributed by atoms with Crippen LogP contribution in [0.5, 0.6) is 0 Å². The molecule has 11 aromatic carbocycles. The van der Waals surface area contributed by atoms with Gasteiger partial charge in [-0.3, -0.25) is 14.1 Å². The van der Waals surface area contributed by atoms with E-state index < -0.39 is 0 Å². The number of para-hydroxylation sites is 6. The van der Waals surface area contributed by atoms with Crippen LogP contribution in [0.4, 0.5) is 0 Å². The molecule has 0 radical (unpaired) electrons. The Bertz CT molecular complexity index is 5350. The first-order valence-electron chi connectivity index (χ1n) is 29.2. The van der Waals surface area contributed by atoms with E-state index in [1.165, 1.54) is 54.7 Å². The maximum atomic E-state index is 5.72. The summed E-state index contributed by atoms with van der Waals surface area (Å²) in [7, 11) is 0. The molecule has 1 aliphatic rings. The van der Waals surface area contributed by atoms with E-state index in [1.807, 2.05) is 6.20 Å². The zero-order chi connectivity index (χ0) is 56.1. The molecule has 0 saturated carbocycles. The summed E-state index contributed by atoms with van der Waals surface area (Å²) in [5, 5.41) is 9.47. The number of pyridine rings is 1. The normalized spacial score (nSPS) is 12.9. The van der Waals surface area contributed by atoms with Crippen molar-refractivity contribution in [2.24, 2.45) is 0 Å². The van der Waals surface area contributed by atoms with Gasteiger partial charge in [0.2, 0.25) is 5.95 Å². The van der Waals surface area contributed by atoms with Crippen molar-refractivity contribution in [3.63, 3.8) is 0 Å². The van der Waals surface area contributed by atoms with Crippen molar-refractivity contribution < 1.29 is 0 Å². The fourth-order valence-electron chi connectivity index (χ4n) is 14.3. The summed E-state index contributed by atoms with van der Waals surface area (Å²) >= 11 is 0. The molecule has 0 aliphatic heterocycles. The number of fused-ring (bicyclic) bond motifs is 15. The first kappa shape index (κ1) is 47.5. The SMILES string of the molecule is CC1(C)c2cc(-c3cc(-n4c5ccccc5c5cc(-c6ccc7c(c6)c6ccccc6n7-c6ccccc6)ccc54)nc(-n4c5ccccc5c5cc(-c6ccc7c(c6)c6ccccc6n7-c6ccccc6)ccc54)n3)ccc2-c2ncccc21. The van der Waals surface area contributed by atoms with Crippen molar-refractivity contribution in [2.75, 3.05) is 0 Å². The first-order valence-corrected chi connectivity index (χ1v) is 29.2. The van der Waals surface area contributed by atoms with Crippen LogP contribution in [-0.4, -0.2) is 33.2 Å². The zero-order valence-corrected chi connectivity index (χ0v) is 46.6. The third-order valence-electron chi connectivity index (χ3n) is 18.2. The van der Waals surface area contributed by atoms with Gasteiger partial charge in [-0.25, -0.2) is 4.98 Å². The monoisotopic (exact) mass is 1090 g/mol. The molecule has 0 fully saturated rings. The van der Waals surface area contributed by atoms with Crippen LogP contribution in [0.2, 0.25) is 0 Å². The average Bonchev–Trinajstić information content (AvgIpc) is 3.14. The first-order chi connectivity index (χ1) is 41.9. The van der Waals surface area contributed by atoms with Crippen molar-refractivity contribution in [1.29, 1.82) is 0 Å². The number of hydrogen-bond donors (Lipinski definition) is 0. The van der Waals surface area contributed by atoms with Crippen molar-refractivity contribution in [2.45, 2.75) is 19.3 Å². The molecule has 17 aromatic rings. The lowest BCUT2D eigenvalue weighted by molar-refractivity contribution is 0.659. The fraction of sp³-hybridized carbons (Fsp3) is 0.0385. The van der Waals surface area contributed by atoms with Gasteiger partial charge >= 0.3 is 0 Å². The molecule has 18 rings (SSSR count). The molecule has 0 atom stereocenters. The standard InChI is InChI=1S/C78H51N7/c1-78(2)64-26-17-41-79-76(64)59-36-31-52(46-65(59)78)66-47-75(84-69-29-15-11-24-57(69)62-44-50(34-39-73(62)84)48-32-37-71-60(42-48)55-22-9-13-27-67(55)82(71)53-18-5-3-6-19-53)81-77(80-66)85-70-30-16-12-25-58(70)63-45-51(35-40-74(63)85)49-33-38-72-61(43-49)56-23-10-14-28-68(56)83(72)54-20-7-4-8-21-54/h3-47H,1-2H3. The lowest BCUT2D eigenvalue weighted by Crippen LogP contribution is -2.15. The van der Waals surface area contributed by atoms with Gasteiger partial charge in [0.1, 0.15) is 5.82 Å². The summed E-state index contributed by atoms with van der Waals surface area (Å²) in [5.74, 6) is 1.38. The smallest absolute Gasteiger partial charge is 0.237 e. The van der Waals surface area contributed by atoms with E-state index in [1.54, 1.807) is 0 Å². The molecular weight excluding hydrogens is 1030 g/mol. The molecule has 6 aromatic heterocycles. The molecule has 0 amide bonds. The number of benzene rings is 11. The van der Waals surface area contributed by atoms with Crippen molar-refractivity contribution in [1.82, 2.24) is 33.2 Å². The Morgan fingerprint density at radius 2 is 0.694 bits per heavy atom. The number of hydrogen-bond acceptors (Lipinski definition) is 3. The maximum Gasteiger partial charge on any atom is 0.237 e. The number of aromatic nitrogens is 7. The van der Waals surface area contributed by atoms with Crippen molar-refractivity contribution in [3.05, 3.63) is 284 Å². The van der Waals surface area contributed by atoms with Gasteiger partial charge in [0, 0.05) is 83.3 Å². The van der Waals surface area contributed by atoms with Gasteiger partial charge < -0.3 is 9.13 Å². The second-order valence-corrected chi connectivity index (χ2v) is 23.2. The van der Waals surface area contributed by atoms with Crippen LogP contribution in [0.25, 0.3) is 155 Å². The predicted octanol–water partition coefficient (Wildman–Crippen LogP) is 19.6. The van der Waals surface area contributed by atoms with Gasteiger partial charge in [0.25, 0.3) is 0 Å². The van der Waals surface area contributed by atoms with E-state index in [-0.39, 0.29) is 5.41 Å². The van der Waals surface area contributed by atoms with Crippen LogP contribution >= 0.6 is 0 Å². The molecule has 0 unspecified atom stereocenters. The van der Waals surface area contributed by atoms with Crippen molar-refractivity contribution in [3.8, 4) is 67.9 Å². The summed E-state index contributed by atoms with van der Waals surface area (Å²) in [5.41, 5.74) is 22.1. The quantitative estimate of drug-likeness (QED) is 0.160. The summed E-state index contributed by atoms with van der Waals surface area (Å²) < 4.78 is 9.36. The van der Waals surface area contributed by atoms with Gasteiger partial charge in [0.05, 0.1) is 55.5 Å². The van der Waals surface area contributed by atoms with E-state index in [4.69, 9.17) is 15.0 Å². The van der Waals surface area contributed by atoms with Crippen LogP contribution in [0.3, 0.4) is 0 Å². The Morgan fingerprint density at radius 1 is 0.294 bits per heavy atom. The highest BCUT2D eigenvalue weighted by atomic mass is 15.2. The lowest BCUT2D eigenvalue weighted by atomic mass is 9.82. The Labute approximate surface area is 489 Å². The van der Waals surface area contributed by atoms with Gasteiger partial charge in [-0.15, -0.1) is 0 Å². The van der Waals surface area contributed by atoms with Gasteiger partial charge in [0.15, 0.2) is 0 Å². The third kappa shape index (κ3) is 6.98. The van der Waals surface area contributed by atoms with Gasteiger partial charge in [-0.05, 0) is 143 Å². The highest BCUT2D eigenvalue weighted by molar-refractivity contribution is 6.15. The molecule has 0 N–H and O–H groups in total. The lowest BCUT2D eigenvalue weighted by Gasteiger charge is -2.21. The van der Waals surface area contributed by atoms with E-state index in [9.17, 15) is 0 Å². The summed E-state index contributed by atoms with van der Waals surface area (Å²) in [6.45, 7) is 4.61. The second kappa shape index (κ2) is 17.9. The molecule has 0 spiro atoms. The Kier molecular flexibility index (Phi) is 10.0. The fourth-order valence-corrected chi connectivity index (χ4v) is 14.3. The molecule has 398 valence electrons. The predicted molar refractivity (Wildman–Crippen MR) is 351 cm³/mol. The molecule has 0 saturated heterocycles. The summed E-state index contributed by atoms with van der Waals surface area (Å²) in [4.78, 5) is 16.3. The molecule has 7 nitrogen and oxygen atoms in total. The van der Waals surface area contributed by atoms with Gasteiger partial charge in [-0.1, -0.05) is 166 Å². The topological polar surface area (TPSA) is 58.4 Å². The maximum absolute atomic E-state index is 5.72. The highest BCUT2D eigenvalue weighted by Gasteiger charge is 2.36. The molecule has 85 heavy (non-hydrogen) atoms. The van der Waals surface area contributed by atoms with Gasteiger partial charge in [-0.2, -0.15) is 4.98 Å². The van der Waals surface area contributed by atoms with E-state index >= 15 is 0 Å². The summed E-state index contributed by atoms with van der Waals surface area (Å²) in [6, 6.07) is 97.1. The minimum Gasteiger partial charge on any atom is -0.309 e. The van der Waals surface area contributed by atoms with E-state index in [0.717, 1.165) is 106 Å². The number of nitrogens with zero attached hydrogens (tertiary/aromatic N) is 7. The summed E-state index contributed by atoms with van der Waals surface area (Å²) in [6.07, 6.45) is 1.90. The molecular formula is C78H51N7. The van der Waals surface area contributed by atoms with E-state index in [2.05, 4.69) is 299 Å². The van der Waals surface area contributed by atoms with Crippen LogP contribution in [-0.2, 0) is 5.41 Å². The Morgan fingerprint density at radius 3 is 1.19 bits per heavy atom. The Hall–Kier alpha value is -11.2. The highest BCUT2D eigenvalue weighted by Crippen LogP contribution is 2.49. The minimum atomic E-state index is -0.254. The van der Waals surface area contributed by atoms with E-state index in [0.29, 0.717) is 5.95 Å². The Balaban J connectivity index is 0.827. The van der Waals surface area contributed by atoms with Crippen molar-refractivity contribution >= 4 is 87.2 Å². The van der Waals surface area contributed by atoms with Crippen LogP contribution in [0.15, 0.2) is 273 Å².